The van der Waals surface area contributed by atoms with Gasteiger partial charge in [-0.25, -0.2) is 0 Å². The van der Waals surface area contributed by atoms with Crippen LogP contribution < -0.4 is 5.32 Å². The number of rotatable bonds is 5. The molecular formula is C17H25NO. The molecule has 3 rings (SSSR count). The number of benzene rings is 1. The third-order valence-corrected chi connectivity index (χ3v) is 4.45. The maximum atomic E-state index is 5.84. The van der Waals surface area contributed by atoms with Gasteiger partial charge in [-0.1, -0.05) is 24.6 Å². The smallest absolute Gasteiger partial charge is 0.0716 e. The van der Waals surface area contributed by atoms with E-state index in [1.165, 1.54) is 50.6 Å². The van der Waals surface area contributed by atoms with Crippen LogP contribution in [0.5, 0.6) is 0 Å². The summed E-state index contributed by atoms with van der Waals surface area (Å²) < 4.78 is 5.84. The van der Waals surface area contributed by atoms with E-state index < -0.39 is 0 Å². The van der Waals surface area contributed by atoms with E-state index in [0.29, 0.717) is 6.04 Å². The minimum absolute atomic E-state index is 0.689. The molecule has 0 spiro atoms. The van der Waals surface area contributed by atoms with Gasteiger partial charge in [0.1, 0.15) is 0 Å². The zero-order valence-corrected chi connectivity index (χ0v) is 11.8. The highest BCUT2D eigenvalue weighted by atomic mass is 16.5. The van der Waals surface area contributed by atoms with Crippen molar-refractivity contribution in [2.24, 2.45) is 0 Å². The molecule has 0 amide bonds. The van der Waals surface area contributed by atoms with Crippen LogP contribution in [-0.4, -0.2) is 19.2 Å². The molecule has 0 radical (unpaired) electrons. The zero-order chi connectivity index (χ0) is 12.9. The molecule has 1 aliphatic carbocycles. The lowest BCUT2D eigenvalue weighted by Crippen LogP contribution is -2.34. The Balaban J connectivity index is 1.40. The van der Waals surface area contributed by atoms with Crippen molar-refractivity contribution < 1.29 is 4.74 Å². The van der Waals surface area contributed by atoms with E-state index in [4.69, 9.17) is 4.74 Å². The fourth-order valence-electron chi connectivity index (χ4n) is 3.30. The highest BCUT2D eigenvalue weighted by Gasteiger charge is 2.12. The molecule has 1 saturated heterocycles. The van der Waals surface area contributed by atoms with E-state index in [9.17, 15) is 0 Å². The van der Waals surface area contributed by atoms with Crippen LogP contribution in [0.25, 0.3) is 0 Å². The summed E-state index contributed by atoms with van der Waals surface area (Å²) in [7, 11) is 0. The van der Waals surface area contributed by atoms with Crippen molar-refractivity contribution >= 4 is 0 Å². The van der Waals surface area contributed by atoms with Crippen molar-refractivity contribution in [3.05, 3.63) is 34.9 Å². The standard InChI is InChI=1S/C17H25NO/c1-2-10-18-17(6-1)9-11-19-13-14-7-8-15-4-3-5-16(15)12-14/h7-8,12,17-18H,1-6,9-11,13H2. The van der Waals surface area contributed by atoms with Crippen molar-refractivity contribution in [1.29, 1.82) is 0 Å². The Bertz CT molecular complexity index is 410. The van der Waals surface area contributed by atoms with Crippen molar-refractivity contribution in [3.63, 3.8) is 0 Å². The van der Waals surface area contributed by atoms with Gasteiger partial charge in [0.05, 0.1) is 6.61 Å². The Hall–Kier alpha value is -0.860. The number of hydrogen-bond acceptors (Lipinski definition) is 2. The molecule has 2 heteroatoms. The van der Waals surface area contributed by atoms with Crippen LogP contribution in [-0.2, 0) is 24.2 Å². The van der Waals surface area contributed by atoms with Crippen LogP contribution in [0.15, 0.2) is 18.2 Å². The molecule has 1 N–H and O–H groups in total. The Kier molecular flexibility index (Phi) is 4.52. The fraction of sp³-hybridized carbons (Fsp3) is 0.647. The molecule has 104 valence electrons. The van der Waals surface area contributed by atoms with Crippen LogP contribution in [0.3, 0.4) is 0 Å². The monoisotopic (exact) mass is 259 g/mol. The number of aryl methyl sites for hydroxylation is 2. The van der Waals surface area contributed by atoms with E-state index in [0.717, 1.165) is 19.6 Å². The summed E-state index contributed by atoms with van der Waals surface area (Å²) >= 11 is 0. The molecule has 1 aromatic carbocycles. The normalized spacial score (nSPS) is 22.4. The molecule has 1 aliphatic heterocycles. The molecule has 0 aromatic heterocycles. The van der Waals surface area contributed by atoms with Crippen molar-refractivity contribution in [2.75, 3.05) is 13.2 Å². The average molecular weight is 259 g/mol. The molecule has 2 aliphatic rings. The van der Waals surface area contributed by atoms with Gasteiger partial charge in [-0.15, -0.1) is 0 Å². The summed E-state index contributed by atoms with van der Waals surface area (Å²) in [5.74, 6) is 0. The van der Waals surface area contributed by atoms with E-state index in [-0.39, 0.29) is 0 Å². The Morgan fingerprint density at radius 1 is 1.11 bits per heavy atom. The molecule has 0 bridgehead atoms. The number of fused-ring (bicyclic) bond motifs is 1. The van der Waals surface area contributed by atoms with E-state index >= 15 is 0 Å². The van der Waals surface area contributed by atoms with Crippen LogP contribution in [0, 0.1) is 0 Å². The van der Waals surface area contributed by atoms with Crippen LogP contribution in [0.2, 0.25) is 0 Å². The van der Waals surface area contributed by atoms with Crippen molar-refractivity contribution in [2.45, 2.75) is 57.6 Å². The highest BCUT2D eigenvalue weighted by Crippen LogP contribution is 2.23. The lowest BCUT2D eigenvalue weighted by Gasteiger charge is -2.23. The second-order valence-corrected chi connectivity index (χ2v) is 5.94. The summed E-state index contributed by atoms with van der Waals surface area (Å²) in [6.07, 6.45) is 9.05. The van der Waals surface area contributed by atoms with Gasteiger partial charge in [-0.05, 0) is 61.8 Å². The van der Waals surface area contributed by atoms with Gasteiger partial charge in [0, 0.05) is 12.6 Å². The van der Waals surface area contributed by atoms with Gasteiger partial charge < -0.3 is 10.1 Å². The SMILES string of the molecule is c1cc2c(cc1COCCC1CCCCN1)CCC2. The third-order valence-electron chi connectivity index (χ3n) is 4.45. The number of nitrogens with one attached hydrogen (secondary N) is 1. The third kappa shape index (κ3) is 3.58. The lowest BCUT2D eigenvalue weighted by molar-refractivity contribution is 0.108. The number of hydrogen-bond donors (Lipinski definition) is 1. The topological polar surface area (TPSA) is 21.3 Å². The quantitative estimate of drug-likeness (QED) is 0.820. The predicted molar refractivity (Wildman–Crippen MR) is 78.4 cm³/mol. The van der Waals surface area contributed by atoms with Gasteiger partial charge in [-0.3, -0.25) is 0 Å². The second-order valence-electron chi connectivity index (χ2n) is 5.94. The summed E-state index contributed by atoms with van der Waals surface area (Å²) in [5, 5.41) is 3.57. The van der Waals surface area contributed by atoms with Gasteiger partial charge >= 0.3 is 0 Å². The summed E-state index contributed by atoms with van der Waals surface area (Å²) in [4.78, 5) is 0. The van der Waals surface area contributed by atoms with Gasteiger partial charge in [0.2, 0.25) is 0 Å². The van der Waals surface area contributed by atoms with Crippen LogP contribution in [0.1, 0.15) is 48.8 Å². The first kappa shape index (κ1) is 13.1. The largest absolute Gasteiger partial charge is 0.377 e. The molecule has 2 nitrogen and oxygen atoms in total. The van der Waals surface area contributed by atoms with E-state index in [1.807, 2.05) is 0 Å². The summed E-state index contributed by atoms with van der Waals surface area (Å²) in [6.45, 7) is 2.85. The van der Waals surface area contributed by atoms with Gasteiger partial charge in [0.15, 0.2) is 0 Å². The molecule has 1 unspecified atom stereocenters. The minimum Gasteiger partial charge on any atom is -0.377 e. The second kappa shape index (κ2) is 6.53. The Morgan fingerprint density at radius 3 is 2.95 bits per heavy atom. The van der Waals surface area contributed by atoms with Gasteiger partial charge in [0.25, 0.3) is 0 Å². The number of piperidine rings is 1. The first-order chi connectivity index (χ1) is 9.42. The van der Waals surface area contributed by atoms with Crippen molar-refractivity contribution in [3.8, 4) is 0 Å². The molecular weight excluding hydrogens is 234 g/mol. The first-order valence-corrected chi connectivity index (χ1v) is 7.83. The number of ether oxygens (including phenoxy) is 1. The van der Waals surface area contributed by atoms with Crippen LogP contribution >= 0.6 is 0 Å². The minimum atomic E-state index is 0.689. The Labute approximate surface area is 116 Å². The summed E-state index contributed by atoms with van der Waals surface area (Å²) in [5.41, 5.74) is 4.45. The molecule has 1 heterocycles. The lowest BCUT2D eigenvalue weighted by atomic mass is 10.0. The average Bonchev–Trinajstić information content (AvgIpc) is 2.92. The molecule has 1 fully saturated rings. The predicted octanol–water partition coefficient (Wildman–Crippen LogP) is 3.22. The molecule has 0 saturated carbocycles. The first-order valence-electron chi connectivity index (χ1n) is 7.83. The zero-order valence-electron chi connectivity index (χ0n) is 11.8. The highest BCUT2D eigenvalue weighted by molar-refractivity contribution is 5.34. The van der Waals surface area contributed by atoms with E-state index in [1.54, 1.807) is 11.1 Å². The Morgan fingerprint density at radius 2 is 2.05 bits per heavy atom. The summed E-state index contributed by atoms with van der Waals surface area (Å²) in [6, 6.07) is 7.57. The maximum absolute atomic E-state index is 5.84. The molecule has 19 heavy (non-hydrogen) atoms. The van der Waals surface area contributed by atoms with E-state index in [2.05, 4.69) is 23.5 Å². The maximum Gasteiger partial charge on any atom is 0.0716 e. The molecule has 1 atom stereocenters. The van der Waals surface area contributed by atoms with Crippen molar-refractivity contribution in [1.82, 2.24) is 5.32 Å². The van der Waals surface area contributed by atoms with Gasteiger partial charge in [-0.2, -0.15) is 0 Å². The fourth-order valence-corrected chi connectivity index (χ4v) is 3.30. The molecule has 1 aromatic rings. The van der Waals surface area contributed by atoms with Crippen LogP contribution in [0.4, 0.5) is 0 Å².